The van der Waals surface area contributed by atoms with Gasteiger partial charge in [-0.1, -0.05) is 47.1 Å². The van der Waals surface area contributed by atoms with Crippen molar-refractivity contribution in [1.82, 2.24) is 5.32 Å². The lowest BCUT2D eigenvalue weighted by Crippen LogP contribution is -2.51. The van der Waals surface area contributed by atoms with Gasteiger partial charge in [-0.25, -0.2) is 4.79 Å². The van der Waals surface area contributed by atoms with Gasteiger partial charge in [-0.05, 0) is 89.5 Å². The normalized spacial score (nSPS) is 21.2. The predicted octanol–water partition coefficient (Wildman–Crippen LogP) is 7.11. The standard InChI is InChI=1S/C31H59NO7Si2/c1-13-14-19-40(9,10)38-30(6,7)39-41(11,12)22-26(33)32-25-20-29(4,5)23-31(8,21-25)16-15-27(34)36-17-18-37-28(35)24(2)3/h25H,2,13-23H2,1,3-12H3,(H,32,33). The van der Waals surface area contributed by atoms with Crippen LogP contribution in [0.1, 0.15) is 93.4 Å². The number of carbonyl (C=O) groups is 3. The lowest BCUT2D eigenvalue weighted by molar-refractivity contribution is -0.150. The van der Waals surface area contributed by atoms with Gasteiger partial charge in [0.25, 0.3) is 0 Å². The van der Waals surface area contributed by atoms with E-state index < -0.39 is 28.4 Å². The van der Waals surface area contributed by atoms with E-state index in [9.17, 15) is 14.4 Å². The summed E-state index contributed by atoms with van der Waals surface area (Å²) < 4.78 is 23.3. The van der Waals surface area contributed by atoms with Gasteiger partial charge in [-0.15, -0.1) is 0 Å². The second-order valence-electron chi connectivity index (χ2n) is 14.9. The molecule has 0 aromatic rings. The molecule has 0 heterocycles. The second kappa shape index (κ2) is 15.3. The number of nitrogens with one attached hydrogen (secondary N) is 1. The lowest BCUT2D eigenvalue weighted by atomic mass is 9.61. The van der Waals surface area contributed by atoms with Crippen LogP contribution >= 0.6 is 0 Å². The van der Waals surface area contributed by atoms with E-state index in [0.29, 0.717) is 18.0 Å². The quantitative estimate of drug-likeness (QED) is 0.0613. The minimum atomic E-state index is -2.36. The molecule has 0 aromatic heterocycles. The van der Waals surface area contributed by atoms with Crippen molar-refractivity contribution in [1.29, 1.82) is 0 Å². The molecule has 2 atom stereocenters. The Bertz CT molecular complexity index is 916. The van der Waals surface area contributed by atoms with Crippen molar-refractivity contribution in [2.24, 2.45) is 10.8 Å². The lowest BCUT2D eigenvalue weighted by Gasteiger charge is -2.47. The average molecular weight is 614 g/mol. The van der Waals surface area contributed by atoms with Crippen LogP contribution in [0.4, 0.5) is 0 Å². The average Bonchev–Trinajstić information content (AvgIpc) is 2.75. The molecule has 1 aliphatic rings. The molecule has 8 nitrogen and oxygen atoms in total. The van der Waals surface area contributed by atoms with E-state index >= 15 is 0 Å². The van der Waals surface area contributed by atoms with Crippen LogP contribution in [0.2, 0.25) is 38.3 Å². The van der Waals surface area contributed by atoms with E-state index in [0.717, 1.165) is 38.1 Å². The highest BCUT2D eigenvalue weighted by Crippen LogP contribution is 2.48. The van der Waals surface area contributed by atoms with Gasteiger partial charge in [0, 0.05) is 24.1 Å². The molecule has 1 rings (SSSR count). The zero-order valence-corrected chi connectivity index (χ0v) is 29.9. The van der Waals surface area contributed by atoms with E-state index in [4.69, 9.17) is 18.3 Å². The molecule has 1 fully saturated rings. The number of rotatable bonds is 17. The topological polar surface area (TPSA) is 100 Å². The number of esters is 2. The monoisotopic (exact) mass is 613 g/mol. The molecule has 1 saturated carbocycles. The van der Waals surface area contributed by atoms with E-state index in [1.54, 1.807) is 6.92 Å². The Hall–Kier alpha value is -1.50. The molecule has 0 spiro atoms. The molecule has 0 saturated heterocycles. The molecule has 0 aliphatic heterocycles. The maximum Gasteiger partial charge on any atom is 0.333 e. The highest BCUT2D eigenvalue weighted by atomic mass is 28.4. The van der Waals surface area contributed by atoms with Crippen LogP contribution in [-0.2, 0) is 32.7 Å². The summed E-state index contributed by atoms with van der Waals surface area (Å²) in [5.41, 5.74) is 0.226. The minimum Gasteiger partial charge on any atom is -0.462 e. The third-order valence-corrected chi connectivity index (χ3v) is 12.3. The van der Waals surface area contributed by atoms with Gasteiger partial charge in [0.05, 0.1) is 0 Å². The van der Waals surface area contributed by atoms with Crippen LogP contribution in [-0.4, -0.2) is 59.5 Å². The van der Waals surface area contributed by atoms with Crippen LogP contribution in [0.25, 0.3) is 0 Å². The smallest absolute Gasteiger partial charge is 0.333 e. The predicted molar refractivity (Wildman–Crippen MR) is 169 cm³/mol. The molecule has 2 unspecified atom stereocenters. The van der Waals surface area contributed by atoms with Gasteiger partial charge in [-0.2, -0.15) is 0 Å². The van der Waals surface area contributed by atoms with Crippen molar-refractivity contribution in [3.05, 3.63) is 12.2 Å². The van der Waals surface area contributed by atoms with Gasteiger partial charge in [-0.3, -0.25) is 9.59 Å². The molecule has 41 heavy (non-hydrogen) atoms. The van der Waals surface area contributed by atoms with E-state index in [1.807, 2.05) is 13.8 Å². The van der Waals surface area contributed by atoms with Gasteiger partial charge < -0.3 is 23.6 Å². The van der Waals surface area contributed by atoms with Crippen molar-refractivity contribution in [2.45, 2.75) is 144 Å². The summed E-state index contributed by atoms with van der Waals surface area (Å²) in [7, 11) is -4.22. The Balaban J connectivity index is 2.66. The third-order valence-electron chi connectivity index (χ3n) is 7.43. The molecular formula is C31H59NO7Si2. The maximum absolute atomic E-state index is 13.3. The molecule has 0 radical (unpaired) electrons. The summed E-state index contributed by atoms with van der Waals surface area (Å²) in [6, 6.07) is 1.49. The molecular weight excluding hydrogens is 555 g/mol. The third kappa shape index (κ3) is 15.5. The summed E-state index contributed by atoms with van der Waals surface area (Å²) in [6.07, 6.45) is 5.91. The Labute approximate surface area is 251 Å². The Morgan fingerprint density at radius 3 is 2.15 bits per heavy atom. The van der Waals surface area contributed by atoms with Gasteiger partial charge in [0.1, 0.15) is 19.0 Å². The van der Waals surface area contributed by atoms with Crippen molar-refractivity contribution in [3.8, 4) is 0 Å². The summed E-state index contributed by atoms with van der Waals surface area (Å²) in [5, 5.41) is 3.31. The largest absolute Gasteiger partial charge is 0.462 e. The zero-order chi connectivity index (χ0) is 31.7. The van der Waals surface area contributed by atoms with Crippen LogP contribution < -0.4 is 5.32 Å². The van der Waals surface area contributed by atoms with Gasteiger partial charge >= 0.3 is 11.9 Å². The van der Waals surface area contributed by atoms with Crippen LogP contribution in [0.15, 0.2) is 12.2 Å². The number of ether oxygens (including phenoxy) is 2. The SMILES string of the molecule is C=C(C)C(=O)OCCOC(=O)CCC1(C)CC(NC(=O)C[Si](C)(C)OC(C)(C)O[Si](C)(C)CCCC)CC(C)(C)C1. The maximum atomic E-state index is 13.3. The fourth-order valence-corrected chi connectivity index (χ4v) is 11.6. The minimum absolute atomic E-state index is 0.0150. The number of amides is 1. The molecule has 0 aromatic carbocycles. The molecule has 238 valence electrons. The molecule has 1 N–H and O–H groups in total. The molecule has 10 heteroatoms. The van der Waals surface area contributed by atoms with Gasteiger partial charge in [0.15, 0.2) is 16.6 Å². The fourth-order valence-electron chi connectivity index (χ4n) is 6.52. The molecule has 0 bridgehead atoms. The number of hydrogen-bond donors (Lipinski definition) is 1. The van der Waals surface area contributed by atoms with Crippen molar-refractivity contribution < 1.29 is 32.7 Å². The summed E-state index contributed by atoms with van der Waals surface area (Å²) in [5.74, 6) is -1.49. The first-order chi connectivity index (χ1) is 18.6. The highest BCUT2D eigenvalue weighted by molar-refractivity contribution is 6.74. The van der Waals surface area contributed by atoms with E-state index in [-0.39, 0.29) is 48.4 Å². The van der Waals surface area contributed by atoms with Gasteiger partial charge in [0.2, 0.25) is 5.91 Å². The first-order valence-electron chi connectivity index (χ1n) is 15.3. The van der Waals surface area contributed by atoms with E-state index in [1.165, 1.54) is 0 Å². The Morgan fingerprint density at radius 2 is 1.56 bits per heavy atom. The van der Waals surface area contributed by atoms with Crippen LogP contribution in [0, 0.1) is 10.8 Å². The summed E-state index contributed by atoms with van der Waals surface area (Å²) in [4.78, 5) is 37.1. The molecule has 1 amide bonds. The summed E-state index contributed by atoms with van der Waals surface area (Å²) in [6.45, 7) is 26.6. The van der Waals surface area contributed by atoms with Crippen molar-refractivity contribution in [3.63, 3.8) is 0 Å². The zero-order valence-electron chi connectivity index (χ0n) is 27.9. The second-order valence-corrected chi connectivity index (χ2v) is 23.2. The number of unbranched alkanes of at least 4 members (excludes halogenated alkanes) is 1. The van der Waals surface area contributed by atoms with Crippen LogP contribution in [0.5, 0.6) is 0 Å². The summed E-state index contributed by atoms with van der Waals surface area (Å²) >= 11 is 0. The first-order valence-corrected chi connectivity index (χ1v) is 21.5. The fraction of sp³-hybridized carbons (Fsp3) is 0.839. The Morgan fingerprint density at radius 1 is 0.976 bits per heavy atom. The number of hydrogen-bond acceptors (Lipinski definition) is 7. The Kier molecular flexibility index (Phi) is 14.0. The molecule has 1 aliphatic carbocycles. The first kappa shape index (κ1) is 37.5. The highest BCUT2D eigenvalue weighted by Gasteiger charge is 2.43. The van der Waals surface area contributed by atoms with Crippen LogP contribution in [0.3, 0.4) is 0 Å². The number of carbonyl (C=O) groups excluding carboxylic acids is 3. The van der Waals surface area contributed by atoms with Crippen molar-refractivity contribution >= 4 is 34.5 Å². The van der Waals surface area contributed by atoms with E-state index in [2.05, 4.69) is 65.8 Å². The van der Waals surface area contributed by atoms with Crippen molar-refractivity contribution in [2.75, 3.05) is 13.2 Å².